The first kappa shape index (κ1) is 13.3. The molecule has 0 aromatic rings. The number of nitrogens with one attached hydrogen (secondary N) is 2. The summed E-state index contributed by atoms with van der Waals surface area (Å²) in [5, 5.41) is 7.21. The molecular weight excluding hydrogens is 210 g/mol. The lowest BCUT2D eigenvalue weighted by molar-refractivity contribution is 0.219. The maximum Gasteiger partial charge on any atom is 0.00915 e. The Balaban J connectivity index is 1.59. The predicted octanol–water partition coefficient (Wildman–Crippen LogP) is 1.45. The normalized spacial score (nSPS) is 32.8. The van der Waals surface area contributed by atoms with Crippen LogP contribution in [0.5, 0.6) is 0 Å². The maximum absolute atomic E-state index is 3.80. The second-order valence-electron chi connectivity index (χ2n) is 5.99. The van der Waals surface area contributed by atoms with Gasteiger partial charge in [-0.05, 0) is 78.2 Å². The van der Waals surface area contributed by atoms with Crippen LogP contribution in [-0.2, 0) is 0 Å². The zero-order valence-corrected chi connectivity index (χ0v) is 11.5. The van der Waals surface area contributed by atoms with Crippen LogP contribution in [0.4, 0.5) is 0 Å². The number of rotatable bonds is 4. The summed E-state index contributed by atoms with van der Waals surface area (Å²) in [5.41, 5.74) is 0. The summed E-state index contributed by atoms with van der Waals surface area (Å²) in [6, 6.07) is 1.57. The van der Waals surface area contributed by atoms with Crippen molar-refractivity contribution in [3.05, 3.63) is 0 Å². The second kappa shape index (κ2) is 6.72. The van der Waals surface area contributed by atoms with E-state index in [4.69, 9.17) is 0 Å². The van der Waals surface area contributed by atoms with E-state index in [1.165, 1.54) is 58.2 Å². The van der Waals surface area contributed by atoms with E-state index in [9.17, 15) is 0 Å². The van der Waals surface area contributed by atoms with Gasteiger partial charge >= 0.3 is 0 Å². The van der Waals surface area contributed by atoms with Crippen LogP contribution in [0.15, 0.2) is 0 Å². The molecule has 2 fully saturated rings. The molecule has 0 bridgehead atoms. The molecule has 3 nitrogen and oxygen atoms in total. The average molecular weight is 239 g/mol. The van der Waals surface area contributed by atoms with Gasteiger partial charge in [-0.2, -0.15) is 0 Å². The van der Waals surface area contributed by atoms with E-state index in [1.807, 2.05) is 0 Å². The molecule has 0 amide bonds. The van der Waals surface area contributed by atoms with Crippen LogP contribution < -0.4 is 10.6 Å². The lowest BCUT2D eigenvalue weighted by Gasteiger charge is -2.33. The average Bonchev–Trinajstić information content (AvgIpc) is 2.39. The van der Waals surface area contributed by atoms with E-state index in [1.54, 1.807) is 0 Å². The minimum Gasteiger partial charge on any atom is -0.317 e. The molecule has 0 unspecified atom stereocenters. The summed E-state index contributed by atoms with van der Waals surface area (Å²) in [4.78, 5) is 2.44. The van der Waals surface area contributed by atoms with E-state index < -0.39 is 0 Å². The molecule has 0 radical (unpaired) electrons. The molecule has 1 aliphatic heterocycles. The highest BCUT2D eigenvalue weighted by Crippen LogP contribution is 2.23. The topological polar surface area (TPSA) is 27.3 Å². The summed E-state index contributed by atoms with van der Waals surface area (Å²) in [6.45, 7) is 3.79. The van der Waals surface area contributed by atoms with Crippen LogP contribution >= 0.6 is 0 Å². The minimum atomic E-state index is 0.785. The summed E-state index contributed by atoms with van der Waals surface area (Å²) in [5.74, 6) is 0.930. The van der Waals surface area contributed by atoms with Crippen molar-refractivity contribution < 1.29 is 0 Å². The number of hydrogen-bond acceptors (Lipinski definition) is 3. The van der Waals surface area contributed by atoms with Crippen LogP contribution in [0, 0.1) is 5.92 Å². The monoisotopic (exact) mass is 239 g/mol. The molecule has 100 valence electrons. The smallest absolute Gasteiger partial charge is 0.00915 e. The van der Waals surface area contributed by atoms with Gasteiger partial charge in [0.05, 0.1) is 0 Å². The van der Waals surface area contributed by atoms with Crippen molar-refractivity contribution >= 4 is 0 Å². The third-order valence-electron chi connectivity index (χ3n) is 4.67. The molecule has 2 N–H and O–H groups in total. The Bertz CT molecular complexity index is 204. The molecule has 2 rings (SSSR count). The fraction of sp³-hybridized carbons (Fsp3) is 1.00. The van der Waals surface area contributed by atoms with Crippen LogP contribution in [0.1, 0.15) is 38.5 Å². The van der Waals surface area contributed by atoms with Crippen molar-refractivity contribution in [2.45, 2.75) is 50.6 Å². The Morgan fingerprint density at radius 2 is 1.59 bits per heavy atom. The quantitative estimate of drug-likeness (QED) is 0.777. The largest absolute Gasteiger partial charge is 0.317 e. The molecule has 17 heavy (non-hydrogen) atoms. The van der Waals surface area contributed by atoms with Crippen molar-refractivity contribution in [2.75, 3.05) is 33.7 Å². The van der Waals surface area contributed by atoms with Gasteiger partial charge < -0.3 is 15.5 Å². The zero-order chi connectivity index (χ0) is 12.1. The summed E-state index contributed by atoms with van der Waals surface area (Å²) >= 11 is 0. The number of piperidine rings is 1. The van der Waals surface area contributed by atoms with Gasteiger partial charge in [-0.3, -0.25) is 0 Å². The van der Waals surface area contributed by atoms with Gasteiger partial charge in [0.25, 0.3) is 0 Å². The highest BCUT2D eigenvalue weighted by molar-refractivity contribution is 4.80. The Morgan fingerprint density at radius 1 is 0.941 bits per heavy atom. The van der Waals surface area contributed by atoms with Gasteiger partial charge in [-0.25, -0.2) is 0 Å². The van der Waals surface area contributed by atoms with Gasteiger partial charge in [0.2, 0.25) is 0 Å². The van der Waals surface area contributed by atoms with Crippen molar-refractivity contribution in [1.82, 2.24) is 15.5 Å². The highest BCUT2D eigenvalue weighted by atomic mass is 15.1. The molecule has 0 spiro atoms. The second-order valence-corrected chi connectivity index (χ2v) is 5.99. The lowest BCUT2D eigenvalue weighted by atomic mass is 9.86. The Labute approximate surface area is 106 Å². The fourth-order valence-corrected chi connectivity index (χ4v) is 3.20. The standard InChI is InChI=1S/C14H29N3/c1-15-13-5-3-12(4-6-13)11-16-14-7-9-17(2)10-8-14/h12-16H,3-11H2,1-2H3. The summed E-state index contributed by atoms with van der Waals surface area (Å²) < 4.78 is 0. The fourth-order valence-electron chi connectivity index (χ4n) is 3.20. The Kier molecular flexibility index (Phi) is 5.26. The van der Waals surface area contributed by atoms with Crippen molar-refractivity contribution in [3.63, 3.8) is 0 Å². The minimum absolute atomic E-state index is 0.785. The van der Waals surface area contributed by atoms with Crippen molar-refractivity contribution in [2.24, 2.45) is 5.92 Å². The molecule has 2 aliphatic rings. The van der Waals surface area contributed by atoms with Gasteiger partial charge in [-0.1, -0.05) is 0 Å². The van der Waals surface area contributed by atoms with E-state index in [-0.39, 0.29) is 0 Å². The lowest BCUT2D eigenvalue weighted by Crippen LogP contribution is -2.43. The predicted molar refractivity (Wildman–Crippen MR) is 73.3 cm³/mol. The molecule has 1 saturated heterocycles. The molecular formula is C14H29N3. The molecule has 3 heteroatoms. The van der Waals surface area contributed by atoms with Crippen molar-refractivity contribution in [1.29, 1.82) is 0 Å². The van der Waals surface area contributed by atoms with Crippen LogP contribution in [0.25, 0.3) is 0 Å². The van der Waals surface area contributed by atoms with E-state index in [0.29, 0.717) is 0 Å². The SMILES string of the molecule is CNC1CCC(CNC2CCN(C)CC2)CC1. The van der Waals surface area contributed by atoms with Crippen LogP contribution in [0.2, 0.25) is 0 Å². The first-order valence-electron chi connectivity index (χ1n) is 7.37. The number of nitrogens with zero attached hydrogens (tertiary/aromatic N) is 1. The highest BCUT2D eigenvalue weighted by Gasteiger charge is 2.21. The summed E-state index contributed by atoms with van der Waals surface area (Å²) in [6.07, 6.45) is 8.23. The third-order valence-corrected chi connectivity index (χ3v) is 4.67. The molecule has 1 aliphatic carbocycles. The zero-order valence-electron chi connectivity index (χ0n) is 11.5. The number of likely N-dealkylation sites (tertiary alicyclic amines) is 1. The first-order chi connectivity index (χ1) is 8.28. The molecule has 0 atom stereocenters. The van der Waals surface area contributed by atoms with Crippen LogP contribution in [-0.4, -0.2) is 50.7 Å². The molecule has 0 aromatic heterocycles. The van der Waals surface area contributed by atoms with Gasteiger partial charge in [0.1, 0.15) is 0 Å². The van der Waals surface area contributed by atoms with Crippen LogP contribution in [0.3, 0.4) is 0 Å². The third kappa shape index (κ3) is 4.23. The summed E-state index contributed by atoms with van der Waals surface area (Å²) in [7, 11) is 4.33. The molecule has 1 heterocycles. The molecule has 1 saturated carbocycles. The Hall–Kier alpha value is -0.120. The number of hydrogen-bond donors (Lipinski definition) is 2. The molecule has 0 aromatic carbocycles. The maximum atomic E-state index is 3.80. The first-order valence-corrected chi connectivity index (χ1v) is 7.37. The van der Waals surface area contributed by atoms with E-state index in [2.05, 4.69) is 29.6 Å². The van der Waals surface area contributed by atoms with Gasteiger partial charge in [0.15, 0.2) is 0 Å². The van der Waals surface area contributed by atoms with Crippen molar-refractivity contribution in [3.8, 4) is 0 Å². The van der Waals surface area contributed by atoms with Gasteiger partial charge in [0, 0.05) is 12.1 Å². The Morgan fingerprint density at radius 3 is 2.18 bits per heavy atom. The van der Waals surface area contributed by atoms with Gasteiger partial charge in [-0.15, -0.1) is 0 Å². The van der Waals surface area contributed by atoms with E-state index in [0.717, 1.165) is 18.0 Å². The van der Waals surface area contributed by atoms with E-state index >= 15 is 0 Å².